The average molecular weight is 334 g/mol. The Morgan fingerprint density at radius 2 is 2.08 bits per heavy atom. The molecule has 0 radical (unpaired) electrons. The second-order valence-corrected chi connectivity index (χ2v) is 6.11. The molecule has 0 atom stereocenters. The van der Waals surface area contributed by atoms with Gasteiger partial charge in [0.2, 0.25) is 0 Å². The third-order valence-electron chi connectivity index (χ3n) is 4.49. The van der Waals surface area contributed by atoms with Crippen LogP contribution in [0.5, 0.6) is 0 Å². The summed E-state index contributed by atoms with van der Waals surface area (Å²) in [6, 6.07) is 9.08. The van der Waals surface area contributed by atoms with E-state index in [9.17, 15) is 9.59 Å². The summed E-state index contributed by atoms with van der Waals surface area (Å²) in [7, 11) is 0. The Labute approximate surface area is 144 Å². The summed E-state index contributed by atoms with van der Waals surface area (Å²) < 4.78 is 1.79. The van der Waals surface area contributed by atoms with E-state index in [1.807, 2.05) is 31.3 Å². The van der Waals surface area contributed by atoms with Gasteiger partial charge in [-0.1, -0.05) is 13.0 Å². The summed E-state index contributed by atoms with van der Waals surface area (Å²) in [5, 5.41) is 2.85. The maximum atomic E-state index is 12.8. The van der Waals surface area contributed by atoms with Crippen LogP contribution in [0.15, 0.2) is 36.5 Å². The summed E-state index contributed by atoms with van der Waals surface area (Å²) in [6.07, 6.45) is 4.64. The van der Waals surface area contributed by atoms with Crippen molar-refractivity contribution in [3.05, 3.63) is 59.2 Å². The maximum absolute atomic E-state index is 12.8. The van der Waals surface area contributed by atoms with Crippen molar-refractivity contribution >= 4 is 23.2 Å². The van der Waals surface area contributed by atoms with E-state index in [4.69, 9.17) is 0 Å². The van der Waals surface area contributed by atoms with Crippen LogP contribution in [-0.4, -0.2) is 26.1 Å². The molecule has 0 aromatic carbocycles. The van der Waals surface area contributed by atoms with Gasteiger partial charge in [-0.05, 0) is 43.5 Å². The second-order valence-electron chi connectivity index (χ2n) is 6.11. The van der Waals surface area contributed by atoms with Gasteiger partial charge >= 0.3 is 0 Å². The standard InChI is InChI=1S/C19H18N4O2/c1-2-13-18(23-11-4-3-8-17(23)21-13)19(25)22-16-10-9-12-14(20-16)6-5-7-15(12)24/h3-4,8-11H,2,5-7H2,1H3,(H,20,22,25). The molecule has 4 rings (SSSR count). The van der Waals surface area contributed by atoms with Crippen molar-refractivity contribution in [3.63, 3.8) is 0 Å². The van der Waals surface area contributed by atoms with Crippen molar-refractivity contribution < 1.29 is 9.59 Å². The van der Waals surface area contributed by atoms with Crippen LogP contribution in [0, 0.1) is 0 Å². The van der Waals surface area contributed by atoms with Crippen molar-refractivity contribution in [2.75, 3.05) is 5.32 Å². The molecule has 126 valence electrons. The predicted octanol–water partition coefficient (Wildman–Crippen LogP) is 3.06. The van der Waals surface area contributed by atoms with Crippen LogP contribution in [-0.2, 0) is 12.8 Å². The Morgan fingerprint density at radius 1 is 1.20 bits per heavy atom. The molecule has 25 heavy (non-hydrogen) atoms. The number of nitrogens with one attached hydrogen (secondary N) is 1. The lowest BCUT2D eigenvalue weighted by atomic mass is 9.95. The minimum atomic E-state index is -0.245. The average Bonchev–Trinajstić information content (AvgIpc) is 3.00. The molecule has 1 N–H and O–H groups in total. The van der Waals surface area contributed by atoms with Crippen LogP contribution >= 0.6 is 0 Å². The first-order valence-corrected chi connectivity index (χ1v) is 8.48. The van der Waals surface area contributed by atoms with Gasteiger partial charge in [0.1, 0.15) is 17.2 Å². The van der Waals surface area contributed by atoms with E-state index >= 15 is 0 Å². The number of ketones is 1. The maximum Gasteiger partial charge on any atom is 0.275 e. The Kier molecular flexibility index (Phi) is 3.80. The highest BCUT2D eigenvalue weighted by atomic mass is 16.2. The second kappa shape index (κ2) is 6.12. The van der Waals surface area contributed by atoms with Gasteiger partial charge in [-0.2, -0.15) is 0 Å². The van der Waals surface area contributed by atoms with Gasteiger partial charge in [0.05, 0.1) is 11.4 Å². The predicted molar refractivity (Wildman–Crippen MR) is 94.0 cm³/mol. The number of pyridine rings is 2. The number of nitrogens with zero attached hydrogens (tertiary/aromatic N) is 3. The Hall–Kier alpha value is -3.02. The molecule has 0 saturated heterocycles. The number of hydrogen-bond donors (Lipinski definition) is 1. The van der Waals surface area contributed by atoms with E-state index in [-0.39, 0.29) is 11.7 Å². The van der Waals surface area contributed by atoms with Crippen LogP contribution in [0.2, 0.25) is 0 Å². The van der Waals surface area contributed by atoms with Crippen molar-refractivity contribution in [1.82, 2.24) is 14.4 Å². The van der Waals surface area contributed by atoms with Crippen LogP contribution in [0.4, 0.5) is 5.82 Å². The van der Waals surface area contributed by atoms with E-state index in [0.717, 1.165) is 29.9 Å². The Morgan fingerprint density at radius 3 is 2.92 bits per heavy atom. The topological polar surface area (TPSA) is 76.4 Å². The van der Waals surface area contributed by atoms with E-state index in [2.05, 4.69) is 15.3 Å². The number of hydrogen-bond acceptors (Lipinski definition) is 4. The number of aryl methyl sites for hydroxylation is 2. The minimum Gasteiger partial charge on any atom is -0.305 e. The third-order valence-corrected chi connectivity index (χ3v) is 4.49. The fraction of sp³-hybridized carbons (Fsp3) is 0.263. The van der Waals surface area contributed by atoms with E-state index in [0.29, 0.717) is 29.9 Å². The number of rotatable bonds is 3. The number of fused-ring (bicyclic) bond motifs is 2. The number of amides is 1. The zero-order valence-corrected chi connectivity index (χ0v) is 14.0. The number of Topliss-reactive ketones (excluding diaryl/α,β-unsaturated/α-hetero) is 1. The first-order valence-electron chi connectivity index (χ1n) is 8.48. The van der Waals surface area contributed by atoms with Gasteiger partial charge in [-0.15, -0.1) is 0 Å². The highest BCUT2D eigenvalue weighted by Gasteiger charge is 2.21. The monoisotopic (exact) mass is 334 g/mol. The quantitative estimate of drug-likeness (QED) is 0.798. The van der Waals surface area contributed by atoms with Crippen LogP contribution in [0.3, 0.4) is 0 Å². The summed E-state index contributed by atoms with van der Waals surface area (Å²) in [4.78, 5) is 33.7. The summed E-state index contributed by atoms with van der Waals surface area (Å²) >= 11 is 0. The lowest BCUT2D eigenvalue weighted by Crippen LogP contribution is -2.19. The SMILES string of the molecule is CCc1nc2ccccn2c1C(=O)Nc1ccc2c(n1)CCCC2=O. The number of anilines is 1. The summed E-state index contributed by atoms with van der Waals surface area (Å²) in [6.45, 7) is 1.97. The molecule has 3 aromatic rings. The van der Waals surface area contributed by atoms with E-state index in [1.165, 1.54) is 0 Å². The van der Waals surface area contributed by atoms with E-state index in [1.54, 1.807) is 16.5 Å². The molecule has 0 saturated carbocycles. The molecule has 1 amide bonds. The molecule has 1 aliphatic rings. The van der Waals surface area contributed by atoms with Crippen LogP contribution in [0.25, 0.3) is 5.65 Å². The minimum absolute atomic E-state index is 0.127. The van der Waals surface area contributed by atoms with Gasteiger partial charge in [0.15, 0.2) is 5.78 Å². The highest BCUT2D eigenvalue weighted by Crippen LogP contribution is 2.22. The lowest BCUT2D eigenvalue weighted by molar-refractivity contribution is 0.0971. The molecule has 0 unspecified atom stereocenters. The third kappa shape index (κ3) is 2.69. The smallest absolute Gasteiger partial charge is 0.275 e. The molecule has 1 aliphatic carbocycles. The molecule has 0 spiro atoms. The molecular weight excluding hydrogens is 316 g/mol. The first-order chi connectivity index (χ1) is 12.2. The van der Waals surface area contributed by atoms with Gasteiger partial charge in [0, 0.05) is 18.2 Å². The van der Waals surface area contributed by atoms with Crippen molar-refractivity contribution in [3.8, 4) is 0 Å². The number of carbonyl (C=O) groups excluding carboxylic acids is 2. The normalized spacial score (nSPS) is 13.7. The Bertz CT molecular complexity index is 990. The molecule has 0 aliphatic heterocycles. The lowest BCUT2D eigenvalue weighted by Gasteiger charge is -2.15. The zero-order chi connectivity index (χ0) is 17.4. The number of carbonyl (C=O) groups is 2. The summed E-state index contributed by atoms with van der Waals surface area (Å²) in [5.74, 6) is 0.346. The van der Waals surface area contributed by atoms with Gasteiger partial charge < -0.3 is 5.32 Å². The van der Waals surface area contributed by atoms with Crippen LogP contribution in [0.1, 0.15) is 52.0 Å². The van der Waals surface area contributed by atoms with Crippen LogP contribution < -0.4 is 5.32 Å². The van der Waals surface area contributed by atoms with Crippen molar-refractivity contribution in [1.29, 1.82) is 0 Å². The fourth-order valence-corrected chi connectivity index (χ4v) is 3.27. The molecule has 6 heteroatoms. The van der Waals surface area contributed by atoms with Gasteiger partial charge in [-0.25, -0.2) is 9.97 Å². The molecule has 6 nitrogen and oxygen atoms in total. The molecule has 0 bridgehead atoms. The zero-order valence-electron chi connectivity index (χ0n) is 14.0. The summed E-state index contributed by atoms with van der Waals surface area (Å²) in [5.41, 5.74) is 3.45. The van der Waals surface area contributed by atoms with Crippen molar-refractivity contribution in [2.45, 2.75) is 32.6 Å². The van der Waals surface area contributed by atoms with Gasteiger partial charge in [0.25, 0.3) is 5.91 Å². The number of aromatic nitrogens is 3. The molecule has 3 heterocycles. The molecule has 0 fully saturated rings. The van der Waals surface area contributed by atoms with Crippen molar-refractivity contribution in [2.24, 2.45) is 0 Å². The fourth-order valence-electron chi connectivity index (χ4n) is 3.27. The van der Waals surface area contributed by atoms with E-state index < -0.39 is 0 Å². The highest BCUT2D eigenvalue weighted by molar-refractivity contribution is 6.04. The number of imidazole rings is 1. The molecular formula is C19H18N4O2. The largest absolute Gasteiger partial charge is 0.305 e. The Balaban J connectivity index is 1.68. The first kappa shape index (κ1) is 15.5. The molecule has 3 aromatic heterocycles. The van der Waals surface area contributed by atoms with Gasteiger partial charge in [-0.3, -0.25) is 14.0 Å².